The van der Waals surface area contributed by atoms with Gasteiger partial charge in [-0.15, -0.1) is 4.47 Å². The normalized spacial score (nSPS) is 15.6. The summed E-state index contributed by atoms with van der Waals surface area (Å²) in [6.45, 7) is 0. The summed E-state index contributed by atoms with van der Waals surface area (Å²) < 4.78 is 24.7. The number of amides is 1. The smallest absolute Gasteiger partial charge is 0.266 e. The lowest BCUT2D eigenvalue weighted by Crippen LogP contribution is -2.40. The molecule has 2 aromatic rings. The molecule has 0 saturated heterocycles. The molecule has 138 valence electrons. The molecule has 0 N–H and O–H groups in total. The third kappa shape index (κ3) is 4.51. The molecule has 0 unspecified atom stereocenters. The second-order valence-electron chi connectivity index (χ2n) is 6.60. The van der Waals surface area contributed by atoms with Crippen LogP contribution in [-0.2, 0) is 14.9 Å². The number of hydrogen-bond acceptors (Lipinski definition) is 4. The van der Waals surface area contributed by atoms with E-state index in [1.807, 2.05) is 42.5 Å². The van der Waals surface area contributed by atoms with Crippen LogP contribution < -0.4 is 0 Å². The second-order valence-corrected chi connectivity index (χ2v) is 8.40. The van der Waals surface area contributed by atoms with Crippen molar-refractivity contribution in [1.29, 1.82) is 0 Å². The van der Waals surface area contributed by atoms with E-state index in [9.17, 15) is 13.2 Å². The zero-order valence-electron chi connectivity index (χ0n) is 14.8. The van der Waals surface area contributed by atoms with Crippen molar-refractivity contribution < 1.29 is 18.0 Å². The van der Waals surface area contributed by atoms with Crippen molar-refractivity contribution in [3.8, 4) is 11.1 Å². The highest BCUT2D eigenvalue weighted by Gasteiger charge is 2.30. The molecule has 2 aromatic carbocycles. The summed E-state index contributed by atoms with van der Waals surface area (Å²) >= 11 is 0. The molecule has 6 heteroatoms. The van der Waals surface area contributed by atoms with E-state index in [0.717, 1.165) is 49.5 Å². The Morgan fingerprint density at radius 1 is 0.923 bits per heavy atom. The molecule has 1 aliphatic rings. The third-order valence-corrected chi connectivity index (χ3v) is 5.36. The first-order valence-corrected chi connectivity index (χ1v) is 10.7. The number of carbonyl (C=O) groups excluding carboxylic acids is 1. The minimum absolute atomic E-state index is 0.231. The SMILES string of the molecule is CS(=O)(=O)N(OC1CCCCC1)C(=O)c1ccc(-c2ccccc2)cc1. The molecule has 0 bridgehead atoms. The van der Waals surface area contributed by atoms with Crippen molar-refractivity contribution >= 4 is 15.9 Å². The van der Waals surface area contributed by atoms with Crippen LogP contribution in [0.1, 0.15) is 42.5 Å². The third-order valence-electron chi connectivity index (χ3n) is 4.50. The van der Waals surface area contributed by atoms with Crippen LogP contribution in [0.4, 0.5) is 0 Å². The Morgan fingerprint density at radius 2 is 1.50 bits per heavy atom. The van der Waals surface area contributed by atoms with Crippen LogP contribution in [0.2, 0.25) is 0 Å². The molecule has 1 fully saturated rings. The minimum Gasteiger partial charge on any atom is -0.266 e. The molecule has 5 nitrogen and oxygen atoms in total. The molecule has 0 aromatic heterocycles. The molecule has 26 heavy (non-hydrogen) atoms. The molecule has 1 saturated carbocycles. The van der Waals surface area contributed by atoms with Gasteiger partial charge in [0.25, 0.3) is 15.9 Å². The summed E-state index contributed by atoms with van der Waals surface area (Å²) in [4.78, 5) is 18.3. The average Bonchev–Trinajstić information content (AvgIpc) is 2.66. The van der Waals surface area contributed by atoms with Gasteiger partial charge in [0.05, 0.1) is 12.4 Å². The van der Waals surface area contributed by atoms with Gasteiger partial charge in [-0.25, -0.2) is 8.42 Å². The van der Waals surface area contributed by atoms with E-state index in [0.29, 0.717) is 4.47 Å². The lowest BCUT2D eigenvalue weighted by molar-refractivity contribution is -0.116. The molecule has 0 heterocycles. The van der Waals surface area contributed by atoms with Crippen molar-refractivity contribution in [3.05, 3.63) is 60.2 Å². The Morgan fingerprint density at radius 3 is 2.08 bits per heavy atom. The largest absolute Gasteiger partial charge is 0.291 e. The van der Waals surface area contributed by atoms with Crippen LogP contribution in [0.5, 0.6) is 0 Å². The maximum Gasteiger partial charge on any atom is 0.291 e. The van der Waals surface area contributed by atoms with Gasteiger partial charge in [-0.1, -0.05) is 61.7 Å². The number of hydrogen-bond donors (Lipinski definition) is 0. The predicted octanol–water partition coefficient (Wildman–Crippen LogP) is 4.02. The van der Waals surface area contributed by atoms with E-state index in [1.165, 1.54) is 0 Å². The van der Waals surface area contributed by atoms with E-state index in [2.05, 4.69) is 0 Å². The Kier molecular flexibility index (Phi) is 5.74. The van der Waals surface area contributed by atoms with Crippen molar-refractivity contribution in [3.63, 3.8) is 0 Å². The van der Waals surface area contributed by atoms with Crippen LogP contribution in [0.25, 0.3) is 11.1 Å². The summed E-state index contributed by atoms with van der Waals surface area (Å²) in [5.74, 6) is -0.655. The molecule has 1 amide bonds. The molecule has 0 aliphatic heterocycles. The van der Waals surface area contributed by atoms with E-state index >= 15 is 0 Å². The van der Waals surface area contributed by atoms with E-state index < -0.39 is 15.9 Å². The average molecular weight is 373 g/mol. The fourth-order valence-corrected chi connectivity index (χ4v) is 3.81. The van der Waals surface area contributed by atoms with Gasteiger partial charge in [-0.2, -0.15) is 0 Å². The zero-order chi connectivity index (χ0) is 18.6. The molecule has 0 atom stereocenters. The van der Waals surface area contributed by atoms with Crippen LogP contribution in [-0.4, -0.2) is 31.2 Å². The van der Waals surface area contributed by atoms with Crippen LogP contribution in [0.3, 0.4) is 0 Å². The van der Waals surface area contributed by atoms with Gasteiger partial charge in [-0.3, -0.25) is 9.63 Å². The summed E-state index contributed by atoms with van der Waals surface area (Å²) in [5, 5.41) is 0. The van der Waals surface area contributed by atoms with Crippen molar-refractivity contribution in [2.24, 2.45) is 0 Å². The highest BCUT2D eigenvalue weighted by atomic mass is 32.2. The second kappa shape index (κ2) is 8.01. The summed E-state index contributed by atoms with van der Waals surface area (Å²) in [6, 6.07) is 16.7. The number of nitrogens with zero attached hydrogens (tertiary/aromatic N) is 1. The predicted molar refractivity (Wildman–Crippen MR) is 101 cm³/mol. The minimum atomic E-state index is -3.81. The van der Waals surface area contributed by atoms with E-state index in [4.69, 9.17) is 4.84 Å². The molecular weight excluding hydrogens is 350 g/mol. The van der Waals surface area contributed by atoms with Gasteiger partial charge in [0, 0.05) is 5.56 Å². The molecule has 0 spiro atoms. The van der Waals surface area contributed by atoms with Gasteiger partial charge in [0.2, 0.25) is 0 Å². The zero-order valence-corrected chi connectivity index (χ0v) is 15.6. The number of sulfonamides is 1. The highest BCUT2D eigenvalue weighted by molar-refractivity contribution is 7.88. The fourth-order valence-electron chi connectivity index (χ4n) is 3.12. The quantitative estimate of drug-likeness (QED) is 0.743. The molecule has 0 radical (unpaired) electrons. The number of benzene rings is 2. The maximum absolute atomic E-state index is 12.7. The Bertz CT molecular complexity index is 841. The lowest BCUT2D eigenvalue weighted by Gasteiger charge is -2.27. The molecule has 1 aliphatic carbocycles. The number of carbonyl (C=O) groups is 1. The van der Waals surface area contributed by atoms with Crippen molar-refractivity contribution in [2.75, 3.05) is 6.26 Å². The first kappa shape index (κ1) is 18.6. The van der Waals surface area contributed by atoms with E-state index in [-0.39, 0.29) is 11.7 Å². The van der Waals surface area contributed by atoms with Crippen molar-refractivity contribution in [2.45, 2.75) is 38.2 Å². The van der Waals surface area contributed by atoms with Crippen LogP contribution >= 0.6 is 0 Å². The standard InChI is InChI=1S/C20H23NO4S/c1-26(23,24)21(25-19-10-6-3-7-11-19)20(22)18-14-12-17(13-15-18)16-8-4-2-5-9-16/h2,4-5,8-9,12-15,19H,3,6-7,10-11H2,1H3. The molecular formula is C20H23NO4S. The van der Waals surface area contributed by atoms with Gasteiger partial charge < -0.3 is 0 Å². The van der Waals surface area contributed by atoms with Gasteiger partial charge in [0.15, 0.2) is 0 Å². The Balaban J connectivity index is 1.80. The van der Waals surface area contributed by atoms with Gasteiger partial charge in [-0.05, 0) is 36.1 Å². The number of hydroxylamine groups is 1. The number of rotatable bonds is 5. The first-order valence-electron chi connectivity index (χ1n) is 8.82. The fraction of sp³-hybridized carbons (Fsp3) is 0.350. The summed E-state index contributed by atoms with van der Waals surface area (Å²) in [5.41, 5.74) is 2.28. The Hall–Kier alpha value is -2.18. The Labute approximate surface area is 154 Å². The summed E-state index contributed by atoms with van der Waals surface area (Å²) in [6.07, 6.45) is 5.40. The van der Waals surface area contributed by atoms with Gasteiger partial charge in [0.1, 0.15) is 0 Å². The molecule has 3 rings (SSSR count). The van der Waals surface area contributed by atoms with Crippen molar-refractivity contribution in [1.82, 2.24) is 4.47 Å². The topological polar surface area (TPSA) is 63.7 Å². The summed E-state index contributed by atoms with van der Waals surface area (Å²) in [7, 11) is -3.81. The van der Waals surface area contributed by atoms with Crippen LogP contribution in [0.15, 0.2) is 54.6 Å². The van der Waals surface area contributed by atoms with E-state index in [1.54, 1.807) is 12.1 Å². The van der Waals surface area contributed by atoms with Gasteiger partial charge >= 0.3 is 0 Å². The maximum atomic E-state index is 12.7. The first-order chi connectivity index (χ1) is 12.4. The lowest BCUT2D eigenvalue weighted by atomic mass is 9.98. The monoisotopic (exact) mass is 373 g/mol. The van der Waals surface area contributed by atoms with Crippen LogP contribution in [0, 0.1) is 0 Å². The highest BCUT2D eigenvalue weighted by Crippen LogP contribution is 2.24.